The SMILES string of the molecule is CCCCC(CC)COC(=O)C(=Cc1ccc(NC(C)=O)cc1)C(=O)OCC(CC)CCCC. The summed E-state index contributed by atoms with van der Waals surface area (Å²) in [7, 11) is 0. The molecule has 0 aliphatic rings. The third kappa shape index (κ3) is 11.5. The Kier molecular flexibility index (Phi) is 14.6. The van der Waals surface area contributed by atoms with Crippen LogP contribution in [0.3, 0.4) is 0 Å². The van der Waals surface area contributed by atoms with Gasteiger partial charge in [0.05, 0.1) is 13.2 Å². The summed E-state index contributed by atoms with van der Waals surface area (Å²) in [6, 6.07) is 6.91. The Balaban J connectivity index is 3.00. The molecule has 0 spiro atoms. The first-order valence-corrected chi connectivity index (χ1v) is 12.8. The molecule has 0 fully saturated rings. The van der Waals surface area contributed by atoms with Gasteiger partial charge in [0.15, 0.2) is 0 Å². The van der Waals surface area contributed by atoms with Crippen LogP contribution in [0.1, 0.15) is 91.5 Å². The topological polar surface area (TPSA) is 81.7 Å². The Hall–Kier alpha value is -2.63. The maximum Gasteiger partial charge on any atom is 0.345 e. The molecule has 0 bridgehead atoms. The second-order valence-electron chi connectivity index (χ2n) is 8.89. The number of ether oxygens (including phenoxy) is 2. The monoisotopic (exact) mass is 473 g/mol. The summed E-state index contributed by atoms with van der Waals surface area (Å²) in [5.74, 6) is -0.938. The minimum absolute atomic E-state index is 0.108. The number of nitrogens with one attached hydrogen (secondary N) is 1. The van der Waals surface area contributed by atoms with E-state index in [1.165, 1.54) is 13.0 Å². The van der Waals surface area contributed by atoms with Gasteiger partial charge in [0.25, 0.3) is 0 Å². The summed E-state index contributed by atoms with van der Waals surface area (Å²) in [6.07, 6.45) is 9.65. The highest BCUT2D eigenvalue weighted by Crippen LogP contribution is 2.19. The van der Waals surface area contributed by atoms with Gasteiger partial charge in [-0.1, -0.05) is 78.4 Å². The van der Waals surface area contributed by atoms with Crippen molar-refractivity contribution < 1.29 is 23.9 Å². The van der Waals surface area contributed by atoms with E-state index in [2.05, 4.69) is 33.0 Å². The number of rotatable bonds is 16. The standard InChI is InChI=1S/C28H43NO5/c1-6-10-12-22(8-3)19-33-27(31)26(28(32)34-20-23(9-4)13-11-7-2)18-24-14-16-25(17-15-24)29-21(5)30/h14-18,22-23H,6-13,19-20H2,1-5H3,(H,29,30). The smallest absolute Gasteiger partial charge is 0.345 e. The van der Waals surface area contributed by atoms with Crippen molar-refractivity contribution >= 4 is 29.6 Å². The fourth-order valence-corrected chi connectivity index (χ4v) is 3.57. The van der Waals surface area contributed by atoms with Crippen molar-refractivity contribution in [3.8, 4) is 0 Å². The molecule has 0 aliphatic heterocycles. The Morgan fingerprint density at radius 1 is 0.824 bits per heavy atom. The quantitative estimate of drug-likeness (QED) is 0.127. The molecule has 0 aromatic heterocycles. The third-order valence-electron chi connectivity index (χ3n) is 5.97. The summed E-state index contributed by atoms with van der Waals surface area (Å²) in [5, 5.41) is 2.70. The van der Waals surface area contributed by atoms with E-state index in [4.69, 9.17) is 9.47 Å². The number of hydrogen-bond acceptors (Lipinski definition) is 5. The van der Waals surface area contributed by atoms with Crippen LogP contribution in [0.25, 0.3) is 6.08 Å². The maximum atomic E-state index is 12.9. The van der Waals surface area contributed by atoms with Crippen molar-refractivity contribution in [2.24, 2.45) is 11.8 Å². The Morgan fingerprint density at radius 3 is 1.68 bits per heavy atom. The molecular formula is C28H43NO5. The van der Waals surface area contributed by atoms with Crippen LogP contribution in [0, 0.1) is 11.8 Å². The fourth-order valence-electron chi connectivity index (χ4n) is 3.57. The van der Waals surface area contributed by atoms with E-state index >= 15 is 0 Å². The molecule has 190 valence electrons. The predicted molar refractivity (Wildman–Crippen MR) is 137 cm³/mol. The molecule has 1 aromatic carbocycles. The molecule has 1 rings (SSSR count). The first-order chi connectivity index (χ1) is 16.3. The molecule has 2 unspecified atom stereocenters. The van der Waals surface area contributed by atoms with Gasteiger partial charge in [-0.3, -0.25) is 4.79 Å². The molecule has 1 aromatic rings. The van der Waals surface area contributed by atoms with Crippen molar-refractivity contribution in [2.45, 2.75) is 86.0 Å². The van der Waals surface area contributed by atoms with Gasteiger partial charge in [0.2, 0.25) is 5.91 Å². The number of carbonyl (C=O) groups excluding carboxylic acids is 3. The summed E-state index contributed by atoms with van der Waals surface area (Å²) in [4.78, 5) is 37.1. The second-order valence-corrected chi connectivity index (χ2v) is 8.89. The van der Waals surface area contributed by atoms with Crippen LogP contribution in [0.5, 0.6) is 0 Å². The van der Waals surface area contributed by atoms with Crippen LogP contribution in [0.15, 0.2) is 29.8 Å². The fraction of sp³-hybridized carbons (Fsp3) is 0.607. The number of esters is 2. The second kappa shape index (κ2) is 16.9. The lowest BCUT2D eigenvalue weighted by Gasteiger charge is -2.17. The average molecular weight is 474 g/mol. The van der Waals surface area contributed by atoms with E-state index in [1.54, 1.807) is 24.3 Å². The summed E-state index contributed by atoms with van der Waals surface area (Å²) >= 11 is 0. The zero-order chi connectivity index (χ0) is 25.3. The van der Waals surface area contributed by atoms with Crippen LogP contribution in [-0.4, -0.2) is 31.1 Å². The summed E-state index contributed by atoms with van der Waals surface area (Å²) in [6.45, 7) is 10.4. The average Bonchev–Trinajstić information content (AvgIpc) is 2.83. The predicted octanol–water partition coefficient (Wildman–Crippen LogP) is 6.55. The normalized spacial score (nSPS) is 12.4. The highest BCUT2D eigenvalue weighted by Gasteiger charge is 2.24. The number of anilines is 1. The van der Waals surface area contributed by atoms with E-state index in [9.17, 15) is 14.4 Å². The number of carbonyl (C=O) groups is 3. The van der Waals surface area contributed by atoms with Gasteiger partial charge in [0, 0.05) is 12.6 Å². The molecule has 6 heteroatoms. The lowest BCUT2D eigenvalue weighted by molar-refractivity contribution is -0.148. The molecule has 0 radical (unpaired) electrons. The van der Waals surface area contributed by atoms with Crippen LogP contribution in [0.2, 0.25) is 0 Å². The molecule has 0 heterocycles. The Bertz CT molecular complexity index is 750. The van der Waals surface area contributed by atoms with Gasteiger partial charge in [-0.2, -0.15) is 0 Å². The first kappa shape index (κ1) is 29.4. The van der Waals surface area contributed by atoms with Crippen molar-refractivity contribution in [2.75, 3.05) is 18.5 Å². The van der Waals surface area contributed by atoms with Crippen molar-refractivity contribution in [1.82, 2.24) is 0 Å². The lowest BCUT2D eigenvalue weighted by Crippen LogP contribution is -2.23. The lowest BCUT2D eigenvalue weighted by atomic mass is 10.0. The molecule has 34 heavy (non-hydrogen) atoms. The van der Waals surface area contributed by atoms with E-state index in [1.807, 2.05) is 0 Å². The van der Waals surface area contributed by atoms with Gasteiger partial charge in [-0.25, -0.2) is 9.59 Å². The largest absolute Gasteiger partial charge is 0.462 e. The molecule has 0 saturated carbocycles. The number of benzene rings is 1. The summed E-state index contributed by atoms with van der Waals surface area (Å²) in [5.41, 5.74) is 1.18. The van der Waals surface area contributed by atoms with Gasteiger partial charge in [-0.05, 0) is 48.4 Å². The molecule has 6 nitrogen and oxygen atoms in total. The zero-order valence-electron chi connectivity index (χ0n) is 21.7. The van der Waals surface area contributed by atoms with E-state index in [-0.39, 0.29) is 36.5 Å². The maximum absolute atomic E-state index is 12.9. The van der Waals surface area contributed by atoms with E-state index in [0.29, 0.717) is 11.3 Å². The van der Waals surface area contributed by atoms with E-state index in [0.717, 1.165) is 51.4 Å². The minimum atomic E-state index is -0.660. The molecule has 0 saturated heterocycles. The third-order valence-corrected chi connectivity index (χ3v) is 5.97. The number of amides is 1. The molecule has 1 amide bonds. The van der Waals surface area contributed by atoms with Crippen LogP contribution < -0.4 is 5.32 Å². The Morgan fingerprint density at radius 2 is 1.29 bits per heavy atom. The van der Waals surface area contributed by atoms with Crippen molar-refractivity contribution in [1.29, 1.82) is 0 Å². The number of unbranched alkanes of at least 4 members (excludes halogenated alkanes) is 2. The van der Waals surface area contributed by atoms with Crippen LogP contribution >= 0.6 is 0 Å². The first-order valence-electron chi connectivity index (χ1n) is 12.8. The number of hydrogen-bond donors (Lipinski definition) is 1. The van der Waals surface area contributed by atoms with Gasteiger partial charge in [-0.15, -0.1) is 0 Å². The highest BCUT2D eigenvalue weighted by atomic mass is 16.6. The molecular weight excluding hydrogens is 430 g/mol. The summed E-state index contributed by atoms with van der Waals surface area (Å²) < 4.78 is 11.1. The van der Waals surface area contributed by atoms with E-state index < -0.39 is 11.9 Å². The highest BCUT2D eigenvalue weighted by molar-refractivity contribution is 6.17. The van der Waals surface area contributed by atoms with Crippen LogP contribution in [-0.2, 0) is 23.9 Å². The van der Waals surface area contributed by atoms with Crippen LogP contribution in [0.4, 0.5) is 5.69 Å². The minimum Gasteiger partial charge on any atom is -0.462 e. The zero-order valence-corrected chi connectivity index (χ0v) is 21.7. The Labute approximate surface area is 205 Å². The van der Waals surface area contributed by atoms with Gasteiger partial charge >= 0.3 is 11.9 Å². The molecule has 2 atom stereocenters. The molecule has 0 aliphatic carbocycles. The van der Waals surface area contributed by atoms with Gasteiger partial charge < -0.3 is 14.8 Å². The molecule has 1 N–H and O–H groups in total. The van der Waals surface area contributed by atoms with Gasteiger partial charge in [0.1, 0.15) is 5.57 Å². The van der Waals surface area contributed by atoms with Crippen molar-refractivity contribution in [3.63, 3.8) is 0 Å². The van der Waals surface area contributed by atoms with Crippen molar-refractivity contribution in [3.05, 3.63) is 35.4 Å².